The number of piperidine rings is 1. The Morgan fingerprint density at radius 3 is 2.50 bits per heavy atom. The van der Waals surface area contributed by atoms with E-state index >= 15 is 0 Å². The molecule has 0 radical (unpaired) electrons. The predicted octanol–water partition coefficient (Wildman–Crippen LogP) is 4.53. The molecule has 6 nitrogen and oxygen atoms in total. The molecule has 34 heavy (non-hydrogen) atoms. The minimum atomic E-state index is -0.687. The highest BCUT2D eigenvalue weighted by molar-refractivity contribution is 6.00. The van der Waals surface area contributed by atoms with Crippen molar-refractivity contribution >= 4 is 17.8 Å². The molecule has 1 fully saturated rings. The van der Waals surface area contributed by atoms with E-state index in [4.69, 9.17) is 4.74 Å². The summed E-state index contributed by atoms with van der Waals surface area (Å²) >= 11 is 0. The van der Waals surface area contributed by atoms with Gasteiger partial charge in [0.05, 0.1) is 12.7 Å². The number of esters is 1. The molecular formula is C27H35FN2O4. The van der Waals surface area contributed by atoms with Crippen LogP contribution in [0.4, 0.5) is 4.39 Å². The van der Waals surface area contributed by atoms with E-state index in [0.29, 0.717) is 31.0 Å². The van der Waals surface area contributed by atoms with Crippen LogP contribution in [0.2, 0.25) is 0 Å². The number of likely N-dealkylation sites (tertiary alicyclic amines) is 1. The van der Waals surface area contributed by atoms with Gasteiger partial charge < -0.3 is 15.0 Å². The number of amides is 2. The zero-order valence-corrected chi connectivity index (χ0v) is 20.6. The first kappa shape index (κ1) is 25.7. The summed E-state index contributed by atoms with van der Waals surface area (Å²) in [5, 5.41) is 2.88. The number of hydrogen-bond acceptors (Lipinski definition) is 4. The van der Waals surface area contributed by atoms with E-state index in [1.165, 1.54) is 13.2 Å². The molecule has 1 aliphatic carbocycles. The summed E-state index contributed by atoms with van der Waals surface area (Å²) in [5.41, 5.74) is 0.424. The zero-order valence-electron chi connectivity index (χ0n) is 20.6. The highest BCUT2D eigenvalue weighted by Crippen LogP contribution is 2.43. The fraction of sp³-hybridized carbons (Fsp3) is 0.519. The Labute approximate surface area is 201 Å². The lowest BCUT2D eigenvalue weighted by Crippen LogP contribution is -2.57. The largest absolute Gasteiger partial charge is 0.465 e. The van der Waals surface area contributed by atoms with Gasteiger partial charge in [0.1, 0.15) is 11.9 Å². The molecule has 0 spiro atoms. The van der Waals surface area contributed by atoms with E-state index in [0.717, 1.165) is 6.42 Å². The molecule has 2 aliphatic rings. The van der Waals surface area contributed by atoms with Crippen molar-refractivity contribution in [1.29, 1.82) is 0 Å². The summed E-state index contributed by atoms with van der Waals surface area (Å²) in [7, 11) is 1.28. The number of benzene rings is 1. The molecule has 1 heterocycles. The lowest BCUT2D eigenvalue weighted by atomic mass is 9.66. The summed E-state index contributed by atoms with van der Waals surface area (Å²) in [4.78, 5) is 40.1. The third-order valence-corrected chi connectivity index (χ3v) is 6.99. The molecule has 1 N–H and O–H groups in total. The molecule has 7 heteroatoms. The first-order valence-electron chi connectivity index (χ1n) is 11.9. The van der Waals surface area contributed by atoms with Crippen LogP contribution in [0.3, 0.4) is 0 Å². The van der Waals surface area contributed by atoms with Gasteiger partial charge >= 0.3 is 5.97 Å². The van der Waals surface area contributed by atoms with Crippen molar-refractivity contribution in [2.75, 3.05) is 20.2 Å². The van der Waals surface area contributed by atoms with Crippen LogP contribution in [0, 0.1) is 23.2 Å². The van der Waals surface area contributed by atoms with Gasteiger partial charge in [-0.25, -0.2) is 9.18 Å². The molecule has 1 aromatic carbocycles. The van der Waals surface area contributed by atoms with Crippen LogP contribution < -0.4 is 5.32 Å². The Hall–Kier alpha value is -2.96. The normalized spacial score (nSPS) is 22.7. The molecule has 1 saturated heterocycles. The fourth-order valence-corrected chi connectivity index (χ4v) is 5.10. The van der Waals surface area contributed by atoms with E-state index in [1.54, 1.807) is 30.4 Å². The minimum absolute atomic E-state index is 0.107. The number of hydrogen-bond donors (Lipinski definition) is 1. The second-order valence-corrected chi connectivity index (χ2v) is 10.3. The van der Waals surface area contributed by atoms with Gasteiger partial charge in [0, 0.05) is 18.7 Å². The summed E-state index contributed by atoms with van der Waals surface area (Å²) in [6.07, 6.45) is 6.64. The average molecular weight is 471 g/mol. The van der Waals surface area contributed by atoms with Crippen LogP contribution >= 0.6 is 0 Å². The highest BCUT2D eigenvalue weighted by Gasteiger charge is 2.42. The number of rotatable bonds is 6. The third-order valence-electron chi connectivity index (χ3n) is 6.99. The maximum atomic E-state index is 13.5. The summed E-state index contributed by atoms with van der Waals surface area (Å²) in [6, 6.07) is 5.57. The van der Waals surface area contributed by atoms with Crippen LogP contribution in [0.5, 0.6) is 0 Å². The number of carbonyl (C=O) groups is 3. The van der Waals surface area contributed by atoms with Gasteiger partial charge in [-0.3, -0.25) is 9.59 Å². The van der Waals surface area contributed by atoms with Crippen LogP contribution in [-0.4, -0.2) is 48.9 Å². The Balaban J connectivity index is 1.70. The van der Waals surface area contributed by atoms with Crippen molar-refractivity contribution in [2.45, 2.75) is 46.6 Å². The van der Waals surface area contributed by atoms with E-state index in [9.17, 15) is 18.8 Å². The molecule has 184 valence electrons. The average Bonchev–Trinajstić information content (AvgIpc) is 2.81. The third kappa shape index (κ3) is 5.75. The van der Waals surface area contributed by atoms with E-state index in [1.807, 2.05) is 24.8 Å². The van der Waals surface area contributed by atoms with Gasteiger partial charge in [-0.2, -0.15) is 0 Å². The second-order valence-electron chi connectivity index (χ2n) is 10.3. The summed E-state index contributed by atoms with van der Waals surface area (Å²) < 4.78 is 18.1. The number of ether oxygens (including phenoxy) is 1. The molecule has 0 bridgehead atoms. The van der Waals surface area contributed by atoms with Crippen molar-refractivity contribution < 1.29 is 23.5 Å². The van der Waals surface area contributed by atoms with Gasteiger partial charge in [-0.05, 0) is 66.4 Å². The van der Waals surface area contributed by atoms with Crippen LogP contribution in [0.25, 0.3) is 0 Å². The minimum Gasteiger partial charge on any atom is -0.465 e. The molecule has 0 saturated carbocycles. The van der Waals surface area contributed by atoms with Gasteiger partial charge in [-0.1, -0.05) is 39.8 Å². The maximum Gasteiger partial charge on any atom is 0.337 e. The predicted molar refractivity (Wildman–Crippen MR) is 129 cm³/mol. The molecule has 1 aliphatic heterocycles. The van der Waals surface area contributed by atoms with Gasteiger partial charge in [0.2, 0.25) is 5.91 Å². The first-order chi connectivity index (χ1) is 16.0. The Morgan fingerprint density at radius 1 is 1.21 bits per heavy atom. The van der Waals surface area contributed by atoms with Crippen molar-refractivity contribution in [2.24, 2.45) is 23.2 Å². The number of halogens is 1. The lowest BCUT2D eigenvalue weighted by molar-refractivity contribution is -0.139. The Morgan fingerprint density at radius 2 is 1.91 bits per heavy atom. The highest BCUT2D eigenvalue weighted by atomic mass is 19.1. The van der Waals surface area contributed by atoms with Crippen molar-refractivity contribution in [1.82, 2.24) is 10.2 Å². The maximum absolute atomic E-state index is 13.5. The van der Waals surface area contributed by atoms with E-state index in [2.05, 4.69) is 19.2 Å². The molecule has 1 unspecified atom stereocenters. The first-order valence-corrected chi connectivity index (χ1v) is 11.9. The standard InChI is InChI=1S/C27H35FN2O4/c1-17(2)23(29-24(31)19-7-6-8-20(15-19)26(33)34-5)25(32)30-14-13-22(27(3,4)16-30)18-9-11-21(28)12-10-18/h6-9,11-12,15,17-18,22-23H,10,13-14,16H2,1-5H3,(H,29,31)/t18?,22-,23+/m0/s1. The van der Waals surface area contributed by atoms with Gasteiger partial charge in [-0.15, -0.1) is 0 Å². The quantitative estimate of drug-likeness (QED) is 0.620. The molecule has 1 aromatic rings. The van der Waals surface area contributed by atoms with Crippen molar-refractivity contribution in [3.63, 3.8) is 0 Å². The monoisotopic (exact) mass is 470 g/mol. The lowest BCUT2D eigenvalue weighted by Gasteiger charge is -2.48. The van der Waals surface area contributed by atoms with E-state index < -0.39 is 17.9 Å². The van der Waals surface area contributed by atoms with Crippen molar-refractivity contribution in [3.05, 3.63) is 59.4 Å². The summed E-state index contributed by atoms with van der Waals surface area (Å²) in [6.45, 7) is 9.28. The SMILES string of the molecule is COC(=O)c1cccc(C(=O)N[C@@H](C(=O)N2CC[C@@H](C3C=CC(F)=CC3)C(C)(C)C2)C(C)C)c1. The smallest absolute Gasteiger partial charge is 0.337 e. The molecule has 2 amide bonds. The topological polar surface area (TPSA) is 75.7 Å². The van der Waals surface area contributed by atoms with Crippen LogP contribution in [0.15, 0.2) is 48.3 Å². The fourth-order valence-electron chi connectivity index (χ4n) is 5.10. The number of methoxy groups -OCH3 is 1. The molecule has 3 rings (SSSR count). The van der Waals surface area contributed by atoms with Gasteiger partial charge in [0.15, 0.2) is 0 Å². The summed E-state index contributed by atoms with van der Waals surface area (Å²) in [5.74, 6) is -0.746. The van der Waals surface area contributed by atoms with Crippen molar-refractivity contribution in [3.8, 4) is 0 Å². The van der Waals surface area contributed by atoms with E-state index in [-0.39, 0.29) is 34.5 Å². The number of carbonyl (C=O) groups excluding carboxylic acids is 3. The van der Waals surface area contributed by atoms with Crippen LogP contribution in [-0.2, 0) is 9.53 Å². The molecule has 0 aromatic heterocycles. The second kappa shape index (κ2) is 10.5. The number of allylic oxidation sites excluding steroid dienone is 4. The number of nitrogens with one attached hydrogen (secondary N) is 1. The van der Waals surface area contributed by atoms with Crippen LogP contribution in [0.1, 0.15) is 61.3 Å². The number of nitrogens with zero attached hydrogens (tertiary/aromatic N) is 1. The van der Waals surface area contributed by atoms with Gasteiger partial charge in [0.25, 0.3) is 5.91 Å². The Kier molecular flexibility index (Phi) is 7.95. The molecule has 3 atom stereocenters. The Bertz CT molecular complexity index is 998. The molecular weight excluding hydrogens is 435 g/mol. The zero-order chi connectivity index (χ0) is 25.0.